The third-order valence-corrected chi connectivity index (χ3v) is 3.25. The fourth-order valence-corrected chi connectivity index (χ4v) is 2.05. The molecule has 1 rings (SSSR count). The van der Waals surface area contributed by atoms with Gasteiger partial charge in [-0.1, -0.05) is 0 Å². The number of nitrogens with one attached hydrogen (secondary N) is 2. The van der Waals surface area contributed by atoms with Crippen LogP contribution in [-0.2, 0) is 6.54 Å². The second-order valence-electron chi connectivity index (χ2n) is 3.77. The van der Waals surface area contributed by atoms with Crippen molar-refractivity contribution in [3.05, 3.63) is 21.9 Å². The molecule has 0 saturated carbocycles. The normalized spacial score (nSPS) is 12.2. The van der Waals surface area contributed by atoms with Crippen molar-refractivity contribution in [1.82, 2.24) is 10.6 Å². The molecule has 0 aliphatic carbocycles. The van der Waals surface area contributed by atoms with E-state index in [-0.39, 0.29) is 12.1 Å². The van der Waals surface area contributed by atoms with Crippen LogP contribution in [0.2, 0.25) is 0 Å². The smallest absolute Gasteiger partial charge is 0.315 e. The van der Waals surface area contributed by atoms with E-state index in [1.807, 2.05) is 18.4 Å². The van der Waals surface area contributed by atoms with Crippen LogP contribution in [0.25, 0.3) is 0 Å². The number of thiophene rings is 1. The van der Waals surface area contributed by atoms with Gasteiger partial charge in [0.05, 0.1) is 12.6 Å². The number of hydrogen-bond acceptors (Lipinski definition) is 3. The van der Waals surface area contributed by atoms with Gasteiger partial charge in [-0.3, -0.25) is 0 Å². The summed E-state index contributed by atoms with van der Waals surface area (Å²) < 4.78 is 0. The molecule has 1 aromatic heterocycles. The van der Waals surface area contributed by atoms with E-state index in [1.54, 1.807) is 18.3 Å². The van der Waals surface area contributed by atoms with E-state index in [4.69, 9.17) is 5.11 Å². The quantitative estimate of drug-likeness (QED) is 0.735. The molecule has 0 aromatic carbocycles. The predicted molar refractivity (Wildman–Crippen MR) is 65.6 cm³/mol. The molecule has 1 aromatic rings. The number of aliphatic hydroxyl groups excluding tert-OH is 1. The van der Waals surface area contributed by atoms with Crippen LogP contribution in [0, 0.1) is 6.92 Å². The molecule has 90 valence electrons. The summed E-state index contributed by atoms with van der Waals surface area (Å²) in [4.78, 5) is 12.5. The topological polar surface area (TPSA) is 61.4 Å². The van der Waals surface area contributed by atoms with Gasteiger partial charge in [0.2, 0.25) is 0 Å². The molecule has 0 aliphatic rings. The van der Waals surface area contributed by atoms with Crippen LogP contribution in [0.3, 0.4) is 0 Å². The number of aryl methyl sites for hydroxylation is 1. The maximum atomic E-state index is 11.3. The third kappa shape index (κ3) is 4.63. The second-order valence-corrected chi connectivity index (χ2v) is 4.77. The monoisotopic (exact) mass is 242 g/mol. The standard InChI is InChI=1S/C11H18N2O2S/c1-8-4-6-16-10(8)7-13-11(15)12-5-3-9(2)14/h4,6,9,14H,3,5,7H2,1-2H3,(H2,12,13,15). The molecular formula is C11H18N2O2S. The van der Waals surface area contributed by atoms with Crippen LogP contribution in [0.4, 0.5) is 4.79 Å². The lowest BCUT2D eigenvalue weighted by molar-refractivity contribution is 0.183. The van der Waals surface area contributed by atoms with Crippen molar-refractivity contribution in [2.45, 2.75) is 32.9 Å². The number of amides is 2. The lowest BCUT2D eigenvalue weighted by Gasteiger charge is -2.08. The minimum Gasteiger partial charge on any atom is -0.393 e. The molecular weight excluding hydrogens is 224 g/mol. The van der Waals surface area contributed by atoms with Crippen molar-refractivity contribution in [3.8, 4) is 0 Å². The van der Waals surface area contributed by atoms with Gasteiger partial charge >= 0.3 is 6.03 Å². The first-order chi connectivity index (χ1) is 7.59. The Labute approximate surface area is 99.7 Å². The minimum absolute atomic E-state index is 0.187. The Balaban J connectivity index is 2.18. The average molecular weight is 242 g/mol. The molecule has 0 aliphatic heterocycles. The summed E-state index contributed by atoms with van der Waals surface area (Å²) in [6.45, 7) is 4.78. The molecule has 2 amide bonds. The Morgan fingerprint density at radius 3 is 2.88 bits per heavy atom. The van der Waals surface area contributed by atoms with Gasteiger partial charge in [0.1, 0.15) is 0 Å². The summed E-state index contributed by atoms with van der Waals surface area (Å²) >= 11 is 1.64. The van der Waals surface area contributed by atoms with Gasteiger partial charge in [-0.2, -0.15) is 0 Å². The minimum atomic E-state index is -0.375. The fourth-order valence-electron chi connectivity index (χ4n) is 1.20. The van der Waals surface area contributed by atoms with E-state index in [9.17, 15) is 4.79 Å². The Morgan fingerprint density at radius 2 is 2.31 bits per heavy atom. The van der Waals surface area contributed by atoms with E-state index in [0.29, 0.717) is 19.5 Å². The summed E-state index contributed by atoms with van der Waals surface area (Å²) in [5.41, 5.74) is 1.20. The third-order valence-electron chi connectivity index (χ3n) is 2.23. The molecule has 4 nitrogen and oxygen atoms in total. The van der Waals surface area contributed by atoms with Crippen LogP contribution in [-0.4, -0.2) is 23.8 Å². The maximum Gasteiger partial charge on any atom is 0.315 e. The van der Waals surface area contributed by atoms with Crippen LogP contribution in [0.5, 0.6) is 0 Å². The van der Waals surface area contributed by atoms with E-state index in [0.717, 1.165) is 0 Å². The van der Waals surface area contributed by atoms with Crippen molar-refractivity contribution in [3.63, 3.8) is 0 Å². The zero-order valence-electron chi connectivity index (χ0n) is 9.62. The van der Waals surface area contributed by atoms with Gasteiger partial charge in [-0.15, -0.1) is 11.3 Å². The van der Waals surface area contributed by atoms with Crippen LogP contribution >= 0.6 is 11.3 Å². The molecule has 5 heteroatoms. The van der Waals surface area contributed by atoms with Gasteiger partial charge in [-0.25, -0.2) is 4.79 Å². The van der Waals surface area contributed by atoms with E-state index >= 15 is 0 Å². The highest BCUT2D eigenvalue weighted by Gasteiger charge is 2.03. The van der Waals surface area contributed by atoms with Gasteiger partial charge in [0, 0.05) is 11.4 Å². The van der Waals surface area contributed by atoms with Gasteiger partial charge in [-0.05, 0) is 37.3 Å². The summed E-state index contributed by atoms with van der Waals surface area (Å²) in [5.74, 6) is 0. The molecule has 16 heavy (non-hydrogen) atoms. The first-order valence-corrected chi connectivity index (χ1v) is 6.20. The summed E-state index contributed by atoms with van der Waals surface area (Å²) in [6.07, 6.45) is 0.200. The summed E-state index contributed by atoms with van der Waals surface area (Å²) in [7, 11) is 0. The van der Waals surface area contributed by atoms with Crippen LogP contribution < -0.4 is 10.6 Å². The maximum absolute atomic E-state index is 11.3. The van der Waals surface area contributed by atoms with Gasteiger partial charge < -0.3 is 15.7 Å². The average Bonchev–Trinajstić information content (AvgIpc) is 2.60. The molecule has 1 atom stereocenters. The summed E-state index contributed by atoms with van der Waals surface area (Å²) in [5, 5.41) is 16.5. The molecule has 0 radical (unpaired) electrons. The van der Waals surface area contributed by atoms with Crippen LogP contribution in [0.15, 0.2) is 11.4 Å². The van der Waals surface area contributed by atoms with E-state index < -0.39 is 0 Å². The molecule has 3 N–H and O–H groups in total. The number of carbonyl (C=O) groups is 1. The number of carbonyl (C=O) groups excluding carboxylic acids is 1. The fraction of sp³-hybridized carbons (Fsp3) is 0.545. The van der Waals surface area contributed by atoms with Gasteiger partial charge in [0.15, 0.2) is 0 Å². The lowest BCUT2D eigenvalue weighted by Crippen LogP contribution is -2.36. The molecule has 0 fully saturated rings. The Kier molecular flexibility index (Phi) is 5.28. The molecule has 0 bridgehead atoms. The molecule has 0 spiro atoms. The number of aliphatic hydroxyl groups is 1. The largest absolute Gasteiger partial charge is 0.393 e. The molecule has 1 heterocycles. The number of hydrogen-bond donors (Lipinski definition) is 3. The number of urea groups is 1. The van der Waals surface area contributed by atoms with Crippen molar-refractivity contribution in [1.29, 1.82) is 0 Å². The molecule has 0 saturated heterocycles. The lowest BCUT2D eigenvalue weighted by atomic mass is 10.3. The SMILES string of the molecule is Cc1ccsc1CNC(=O)NCCC(C)O. The Morgan fingerprint density at radius 1 is 1.56 bits per heavy atom. The second kappa shape index (κ2) is 6.50. The Bertz CT molecular complexity index is 336. The Hall–Kier alpha value is -1.07. The van der Waals surface area contributed by atoms with Crippen molar-refractivity contribution < 1.29 is 9.90 Å². The highest BCUT2D eigenvalue weighted by molar-refractivity contribution is 7.10. The highest BCUT2D eigenvalue weighted by atomic mass is 32.1. The summed E-state index contributed by atoms with van der Waals surface area (Å²) in [6, 6.07) is 1.85. The van der Waals surface area contributed by atoms with E-state index in [1.165, 1.54) is 10.4 Å². The highest BCUT2D eigenvalue weighted by Crippen LogP contribution is 2.14. The number of rotatable bonds is 5. The van der Waals surface area contributed by atoms with Crippen LogP contribution in [0.1, 0.15) is 23.8 Å². The molecule has 1 unspecified atom stereocenters. The zero-order chi connectivity index (χ0) is 12.0. The van der Waals surface area contributed by atoms with Crippen molar-refractivity contribution in [2.24, 2.45) is 0 Å². The first-order valence-electron chi connectivity index (χ1n) is 5.32. The predicted octanol–water partition coefficient (Wildman–Crippen LogP) is 1.63. The first kappa shape index (κ1) is 13.0. The van der Waals surface area contributed by atoms with Gasteiger partial charge in [0.25, 0.3) is 0 Å². The van der Waals surface area contributed by atoms with Crippen molar-refractivity contribution >= 4 is 17.4 Å². The zero-order valence-corrected chi connectivity index (χ0v) is 10.4. The van der Waals surface area contributed by atoms with Crippen molar-refractivity contribution in [2.75, 3.05) is 6.54 Å². The van der Waals surface area contributed by atoms with E-state index in [2.05, 4.69) is 10.6 Å².